The molecule has 0 aliphatic carbocycles. The highest BCUT2D eigenvalue weighted by molar-refractivity contribution is 9.10. The van der Waals surface area contributed by atoms with E-state index in [1.165, 1.54) is 11.1 Å². The van der Waals surface area contributed by atoms with Crippen molar-refractivity contribution in [1.82, 2.24) is 4.98 Å². The summed E-state index contributed by atoms with van der Waals surface area (Å²) in [5, 5.41) is 3.54. The third-order valence-electron chi connectivity index (χ3n) is 3.54. The van der Waals surface area contributed by atoms with Gasteiger partial charge in [-0.05, 0) is 41.8 Å². The summed E-state index contributed by atoms with van der Waals surface area (Å²) in [6.45, 7) is 0. The minimum atomic E-state index is 0.186. The lowest BCUT2D eigenvalue weighted by Gasteiger charge is -2.20. The number of anilines is 1. The van der Waals surface area contributed by atoms with Gasteiger partial charge in [0.25, 0.3) is 0 Å². The lowest BCUT2D eigenvalue weighted by Crippen LogP contribution is -2.14. The molecule has 0 radical (unpaired) electrons. The summed E-state index contributed by atoms with van der Waals surface area (Å²) in [6.07, 6.45) is 2.72. The van der Waals surface area contributed by atoms with Gasteiger partial charge >= 0.3 is 0 Å². The summed E-state index contributed by atoms with van der Waals surface area (Å²) in [6, 6.07) is 25.1. The highest BCUT2D eigenvalue weighted by Gasteiger charge is 2.12. The van der Waals surface area contributed by atoms with Crippen LogP contribution in [0.25, 0.3) is 0 Å². The third kappa shape index (κ3) is 3.95. The van der Waals surface area contributed by atoms with Crippen LogP contribution in [0.5, 0.6) is 0 Å². The van der Waals surface area contributed by atoms with Gasteiger partial charge in [0, 0.05) is 10.7 Å². The van der Waals surface area contributed by atoms with E-state index in [0.29, 0.717) is 0 Å². The Hall–Kier alpha value is -2.13. The number of nitrogens with one attached hydrogen (secondary N) is 1. The molecule has 0 aliphatic rings. The lowest BCUT2D eigenvalue weighted by molar-refractivity contribution is 0.770. The molecule has 1 aromatic heterocycles. The molecule has 1 heterocycles. The monoisotopic (exact) mass is 352 g/mol. The number of hydrogen-bond donors (Lipinski definition) is 1. The van der Waals surface area contributed by atoms with Gasteiger partial charge in [0.05, 0.1) is 6.04 Å². The van der Waals surface area contributed by atoms with E-state index < -0.39 is 0 Å². The summed E-state index contributed by atoms with van der Waals surface area (Å²) in [5.74, 6) is 0.895. The summed E-state index contributed by atoms with van der Waals surface area (Å²) >= 11 is 3.50. The Bertz CT molecular complexity index is 655. The number of aromatic nitrogens is 1. The van der Waals surface area contributed by atoms with Crippen LogP contribution in [-0.4, -0.2) is 4.98 Å². The number of nitrogens with zero attached hydrogens (tertiary/aromatic N) is 1. The van der Waals surface area contributed by atoms with Crippen LogP contribution in [0.1, 0.15) is 17.2 Å². The fourth-order valence-electron chi connectivity index (χ4n) is 2.42. The van der Waals surface area contributed by atoms with Crippen LogP contribution in [0.3, 0.4) is 0 Å². The quantitative estimate of drug-likeness (QED) is 0.679. The lowest BCUT2D eigenvalue weighted by atomic mass is 9.99. The molecule has 0 spiro atoms. The van der Waals surface area contributed by atoms with E-state index in [9.17, 15) is 0 Å². The molecule has 2 aromatic carbocycles. The van der Waals surface area contributed by atoms with Gasteiger partial charge in [-0.15, -0.1) is 0 Å². The number of rotatable bonds is 5. The second kappa shape index (κ2) is 7.23. The Kier molecular flexibility index (Phi) is 4.86. The van der Waals surface area contributed by atoms with E-state index in [4.69, 9.17) is 0 Å². The van der Waals surface area contributed by atoms with Gasteiger partial charge in [-0.1, -0.05) is 64.5 Å². The van der Waals surface area contributed by atoms with Crippen molar-refractivity contribution in [2.24, 2.45) is 0 Å². The molecule has 3 aromatic rings. The predicted octanol–water partition coefficient (Wildman–Crippen LogP) is 5.24. The first-order chi connectivity index (χ1) is 10.8. The zero-order chi connectivity index (χ0) is 15.2. The second-order valence-corrected chi connectivity index (χ2v) is 6.07. The SMILES string of the molecule is Brc1ccc([C@@H](Cc2ccccc2)Nc2ccccn2)cc1. The molecule has 22 heavy (non-hydrogen) atoms. The molecule has 1 N–H and O–H groups in total. The van der Waals surface area contributed by atoms with Crippen LogP contribution in [0, 0.1) is 0 Å². The van der Waals surface area contributed by atoms with E-state index in [2.05, 4.69) is 74.8 Å². The molecule has 0 saturated heterocycles. The Labute approximate surface area is 139 Å². The van der Waals surface area contributed by atoms with Gasteiger partial charge in [-0.3, -0.25) is 0 Å². The van der Waals surface area contributed by atoms with Crippen LogP contribution >= 0.6 is 15.9 Å². The van der Waals surface area contributed by atoms with E-state index in [1.807, 2.05) is 30.5 Å². The highest BCUT2D eigenvalue weighted by Crippen LogP contribution is 2.24. The Morgan fingerprint density at radius 2 is 1.59 bits per heavy atom. The zero-order valence-corrected chi connectivity index (χ0v) is 13.7. The Morgan fingerprint density at radius 1 is 0.864 bits per heavy atom. The van der Waals surface area contributed by atoms with E-state index in [0.717, 1.165) is 16.7 Å². The van der Waals surface area contributed by atoms with Crippen molar-refractivity contribution < 1.29 is 0 Å². The van der Waals surface area contributed by atoms with Gasteiger partial charge in [-0.25, -0.2) is 4.98 Å². The van der Waals surface area contributed by atoms with Gasteiger partial charge in [0.15, 0.2) is 0 Å². The number of hydrogen-bond acceptors (Lipinski definition) is 2. The van der Waals surface area contributed by atoms with Crippen LogP contribution in [0.4, 0.5) is 5.82 Å². The molecule has 3 rings (SSSR count). The normalized spacial score (nSPS) is 11.9. The van der Waals surface area contributed by atoms with Crippen molar-refractivity contribution in [2.45, 2.75) is 12.5 Å². The number of halogens is 1. The maximum atomic E-state index is 4.38. The molecule has 3 heteroatoms. The minimum Gasteiger partial charge on any atom is -0.363 e. The first-order valence-electron chi connectivity index (χ1n) is 7.28. The zero-order valence-electron chi connectivity index (χ0n) is 12.1. The van der Waals surface area contributed by atoms with Gasteiger partial charge in [0.1, 0.15) is 5.82 Å². The molecule has 0 unspecified atom stereocenters. The van der Waals surface area contributed by atoms with Crippen LogP contribution in [-0.2, 0) is 6.42 Å². The summed E-state index contributed by atoms with van der Waals surface area (Å²) in [4.78, 5) is 4.38. The topological polar surface area (TPSA) is 24.9 Å². The molecule has 110 valence electrons. The van der Waals surface area contributed by atoms with Crippen molar-refractivity contribution in [2.75, 3.05) is 5.32 Å². The van der Waals surface area contributed by atoms with Crippen molar-refractivity contribution in [1.29, 1.82) is 0 Å². The molecule has 0 saturated carbocycles. The predicted molar refractivity (Wildman–Crippen MR) is 94.9 cm³/mol. The molecule has 1 atom stereocenters. The molecule has 0 bridgehead atoms. The van der Waals surface area contributed by atoms with E-state index in [1.54, 1.807) is 0 Å². The average Bonchev–Trinajstić information content (AvgIpc) is 2.57. The van der Waals surface area contributed by atoms with Crippen molar-refractivity contribution in [3.05, 3.63) is 94.6 Å². The van der Waals surface area contributed by atoms with Crippen LogP contribution in [0.15, 0.2) is 83.5 Å². The summed E-state index contributed by atoms with van der Waals surface area (Å²) in [5.41, 5.74) is 2.55. The van der Waals surface area contributed by atoms with Gasteiger partial charge in [-0.2, -0.15) is 0 Å². The maximum absolute atomic E-state index is 4.38. The number of benzene rings is 2. The van der Waals surface area contributed by atoms with Crippen molar-refractivity contribution in [3.63, 3.8) is 0 Å². The summed E-state index contributed by atoms with van der Waals surface area (Å²) < 4.78 is 1.09. The van der Waals surface area contributed by atoms with Crippen molar-refractivity contribution >= 4 is 21.7 Å². The fourth-order valence-corrected chi connectivity index (χ4v) is 2.69. The summed E-state index contributed by atoms with van der Waals surface area (Å²) in [7, 11) is 0. The van der Waals surface area contributed by atoms with Gasteiger partial charge in [0.2, 0.25) is 0 Å². The highest BCUT2D eigenvalue weighted by atomic mass is 79.9. The maximum Gasteiger partial charge on any atom is 0.126 e. The number of pyridine rings is 1. The average molecular weight is 353 g/mol. The van der Waals surface area contributed by atoms with Crippen LogP contribution in [0.2, 0.25) is 0 Å². The second-order valence-electron chi connectivity index (χ2n) is 5.15. The smallest absolute Gasteiger partial charge is 0.126 e. The van der Waals surface area contributed by atoms with Gasteiger partial charge < -0.3 is 5.32 Å². The molecular weight excluding hydrogens is 336 g/mol. The first-order valence-corrected chi connectivity index (χ1v) is 8.07. The molecular formula is C19H17BrN2. The van der Waals surface area contributed by atoms with Crippen LogP contribution < -0.4 is 5.32 Å². The van der Waals surface area contributed by atoms with Crippen molar-refractivity contribution in [3.8, 4) is 0 Å². The fraction of sp³-hybridized carbons (Fsp3) is 0.105. The minimum absolute atomic E-state index is 0.186. The first kappa shape index (κ1) is 14.8. The largest absolute Gasteiger partial charge is 0.363 e. The van der Waals surface area contributed by atoms with E-state index >= 15 is 0 Å². The molecule has 2 nitrogen and oxygen atoms in total. The molecule has 0 aliphatic heterocycles. The Balaban J connectivity index is 1.86. The standard InChI is InChI=1S/C19H17BrN2/c20-17-11-9-16(10-12-17)18(14-15-6-2-1-3-7-15)22-19-8-4-5-13-21-19/h1-13,18H,14H2,(H,21,22)/t18-/m1/s1. The third-order valence-corrected chi connectivity index (χ3v) is 4.07. The Morgan fingerprint density at radius 3 is 2.27 bits per heavy atom. The molecule has 0 amide bonds. The van der Waals surface area contributed by atoms with E-state index in [-0.39, 0.29) is 6.04 Å². The molecule has 0 fully saturated rings.